The molecule has 6 rings (SSSR count). The number of hydrogen-bond acceptors (Lipinski definition) is 5. The van der Waals surface area contributed by atoms with Crippen molar-refractivity contribution in [1.29, 1.82) is 0 Å². The van der Waals surface area contributed by atoms with Gasteiger partial charge in [-0.15, -0.1) is 0 Å². The van der Waals surface area contributed by atoms with Crippen LogP contribution in [0.1, 0.15) is 82.3 Å². The zero-order valence-corrected chi connectivity index (χ0v) is 24.5. The molecule has 2 aliphatic heterocycles. The normalized spacial score (nSPS) is 32.2. The van der Waals surface area contributed by atoms with Gasteiger partial charge in [-0.1, -0.05) is 43.1 Å². The lowest BCUT2D eigenvalue weighted by Gasteiger charge is -2.50. The first-order valence-corrected chi connectivity index (χ1v) is 15.1. The molecular formula is C31H38Cl2N4O3. The van der Waals surface area contributed by atoms with Crippen molar-refractivity contribution in [3.8, 4) is 0 Å². The highest BCUT2D eigenvalue weighted by atomic mass is 35.5. The zero-order chi connectivity index (χ0) is 28.4. The summed E-state index contributed by atoms with van der Waals surface area (Å²) in [4.78, 5) is 28.8. The van der Waals surface area contributed by atoms with Gasteiger partial charge in [-0.3, -0.25) is 14.9 Å². The first-order chi connectivity index (χ1) is 18.9. The first-order valence-electron chi connectivity index (χ1n) is 14.4. The summed E-state index contributed by atoms with van der Waals surface area (Å²) in [5, 5.41) is 21.2. The van der Waals surface area contributed by atoms with Crippen molar-refractivity contribution in [2.45, 2.75) is 100 Å². The Morgan fingerprint density at radius 3 is 2.38 bits per heavy atom. The molecule has 0 radical (unpaired) electrons. The highest BCUT2D eigenvalue weighted by molar-refractivity contribution is 6.31. The number of carbonyl (C=O) groups excluding carboxylic acids is 2. The molecule has 40 heavy (non-hydrogen) atoms. The molecule has 2 heterocycles. The number of amides is 2. The van der Waals surface area contributed by atoms with Crippen molar-refractivity contribution in [3.63, 3.8) is 0 Å². The summed E-state index contributed by atoms with van der Waals surface area (Å²) in [6.45, 7) is 4.53. The summed E-state index contributed by atoms with van der Waals surface area (Å²) in [5.74, 6) is -0.829. The number of fused-ring (bicyclic) bond motifs is 3. The summed E-state index contributed by atoms with van der Waals surface area (Å²) in [6.07, 6.45) is 5.76. The molecule has 7 nitrogen and oxygen atoms in total. The average Bonchev–Trinajstić information content (AvgIpc) is 3.34. The van der Waals surface area contributed by atoms with Crippen LogP contribution in [0.2, 0.25) is 10.0 Å². The standard InChI is InChI=1S/C31H38Cl2N4O3/c1-29(2)9-11-30(12-10-29)31(23-8-3-18(32)16-24(23)36-28(31)40)25(17-13-19(33)15-20(34)14-17)26(37-30)27(39)35-21-4-6-22(38)7-5-21/h3,8,13-16,21-22,25-26,37-38H,4-7,9-12,34H2,1-2H3,(H,35,39)(H,36,40)/t21-,22-,25-,26+,31+/m0/s1. The number of nitrogens with one attached hydrogen (secondary N) is 3. The second-order valence-electron chi connectivity index (χ2n) is 13.1. The van der Waals surface area contributed by atoms with Crippen LogP contribution in [0.4, 0.5) is 11.4 Å². The monoisotopic (exact) mass is 584 g/mol. The second kappa shape index (κ2) is 9.90. The van der Waals surface area contributed by atoms with Crippen LogP contribution in [0.5, 0.6) is 0 Å². The molecule has 214 valence electrons. The van der Waals surface area contributed by atoms with Crippen LogP contribution in [-0.2, 0) is 15.0 Å². The maximum Gasteiger partial charge on any atom is 0.238 e. The first kappa shape index (κ1) is 27.8. The van der Waals surface area contributed by atoms with Crippen molar-refractivity contribution in [3.05, 3.63) is 57.6 Å². The number of aliphatic hydroxyl groups excluding tert-OH is 1. The number of nitrogens with two attached hydrogens (primary N) is 1. The minimum absolute atomic E-state index is 0.0240. The van der Waals surface area contributed by atoms with Crippen LogP contribution in [0, 0.1) is 5.41 Å². The molecule has 2 saturated carbocycles. The van der Waals surface area contributed by atoms with E-state index >= 15 is 0 Å². The number of halogens is 2. The van der Waals surface area contributed by atoms with Crippen molar-refractivity contribution in [2.24, 2.45) is 5.41 Å². The van der Waals surface area contributed by atoms with E-state index in [9.17, 15) is 14.7 Å². The van der Waals surface area contributed by atoms with E-state index in [1.165, 1.54) is 0 Å². The smallest absolute Gasteiger partial charge is 0.238 e. The molecule has 2 aliphatic carbocycles. The number of nitrogen functional groups attached to an aromatic ring is 1. The van der Waals surface area contributed by atoms with Gasteiger partial charge < -0.3 is 21.5 Å². The van der Waals surface area contributed by atoms with Crippen LogP contribution in [-0.4, -0.2) is 40.6 Å². The number of aliphatic hydroxyl groups is 1. The van der Waals surface area contributed by atoms with Crippen molar-refractivity contribution < 1.29 is 14.7 Å². The van der Waals surface area contributed by atoms with E-state index in [1.54, 1.807) is 12.1 Å². The summed E-state index contributed by atoms with van der Waals surface area (Å²) in [6, 6.07) is 10.2. The number of hydrogen-bond donors (Lipinski definition) is 5. The van der Waals surface area contributed by atoms with E-state index < -0.39 is 22.9 Å². The lowest BCUT2D eigenvalue weighted by atomic mass is 9.53. The second-order valence-corrected chi connectivity index (χ2v) is 14.0. The van der Waals surface area contributed by atoms with Gasteiger partial charge in [-0.25, -0.2) is 0 Å². The summed E-state index contributed by atoms with van der Waals surface area (Å²) in [7, 11) is 0. The highest BCUT2D eigenvalue weighted by Gasteiger charge is 2.72. The molecule has 6 N–H and O–H groups in total. The van der Waals surface area contributed by atoms with Gasteiger partial charge in [0.1, 0.15) is 5.41 Å². The molecule has 1 saturated heterocycles. The zero-order valence-electron chi connectivity index (χ0n) is 23.0. The van der Waals surface area contributed by atoms with E-state index in [2.05, 4.69) is 29.8 Å². The van der Waals surface area contributed by atoms with Gasteiger partial charge >= 0.3 is 0 Å². The van der Waals surface area contributed by atoms with E-state index in [1.807, 2.05) is 24.3 Å². The van der Waals surface area contributed by atoms with E-state index in [0.717, 1.165) is 49.7 Å². The van der Waals surface area contributed by atoms with Crippen LogP contribution in [0.25, 0.3) is 0 Å². The predicted molar refractivity (Wildman–Crippen MR) is 159 cm³/mol. The van der Waals surface area contributed by atoms with E-state index in [0.29, 0.717) is 34.3 Å². The van der Waals surface area contributed by atoms with Crippen LogP contribution in [0.3, 0.4) is 0 Å². The summed E-state index contributed by atoms with van der Waals surface area (Å²) >= 11 is 12.9. The van der Waals surface area contributed by atoms with Crippen LogP contribution >= 0.6 is 23.2 Å². The van der Waals surface area contributed by atoms with Gasteiger partial charge in [0.05, 0.1) is 12.1 Å². The maximum absolute atomic E-state index is 14.5. The Labute approximate surface area is 245 Å². The maximum atomic E-state index is 14.5. The molecule has 2 amide bonds. The van der Waals surface area contributed by atoms with Gasteiger partial charge in [-0.2, -0.15) is 0 Å². The molecule has 2 spiro atoms. The molecule has 0 unspecified atom stereocenters. The van der Waals surface area contributed by atoms with Gasteiger partial charge in [0.15, 0.2) is 0 Å². The minimum Gasteiger partial charge on any atom is -0.399 e. The average molecular weight is 586 g/mol. The number of carbonyl (C=O) groups is 2. The third-order valence-corrected chi connectivity index (χ3v) is 10.5. The quantitative estimate of drug-likeness (QED) is 0.315. The third kappa shape index (κ3) is 4.41. The third-order valence-electron chi connectivity index (χ3n) is 10.1. The summed E-state index contributed by atoms with van der Waals surface area (Å²) < 4.78 is 0. The lowest BCUT2D eigenvalue weighted by molar-refractivity contribution is -0.125. The Morgan fingerprint density at radius 2 is 1.70 bits per heavy atom. The summed E-state index contributed by atoms with van der Waals surface area (Å²) in [5.41, 5.74) is 7.48. The number of anilines is 2. The van der Waals surface area contributed by atoms with Gasteiger partial charge in [0, 0.05) is 38.9 Å². The predicted octanol–water partition coefficient (Wildman–Crippen LogP) is 5.28. The molecule has 0 bridgehead atoms. The molecule has 4 aliphatic rings. The highest BCUT2D eigenvalue weighted by Crippen LogP contribution is 2.64. The molecule has 0 aromatic heterocycles. The fourth-order valence-electron chi connectivity index (χ4n) is 8.01. The van der Waals surface area contributed by atoms with Crippen LogP contribution < -0.4 is 21.7 Å². The Morgan fingerprint density at radius 1 is 1.00 bits per heavy atom. The largest absolute Gasteiger partial charge is 0.399 e. The molecular weight excluding hydrogens is 547 g/mol. The van der Waals surface area contributed by atoms with Crippen molar-refractivity contribution in [2.75, 3.05) is 11.1 Å². The lowest BCUT2D eigenvalue weighted by Crippen LogP contribution is -2.61. The molecule has 2 aromatic rings. The topological polar surface area (TPSA) is 116 Å². The fourth-order valence-corrected chi connectivity index (χ4v) is 8.44. The SMILES string of the molecule is CC1(C)CCC2(CC1)N[C@@H](C(=O)N[C@H]1CC[C@H](O)CC1)[C@H](c1cc(N)cc(Cl)c1)[C@]21C(=O)Nc2cc(Cl)ccc21. The Hall–Kier alpha value is -2.32. The van der Waals surface area contributed by atoms with Gasteiger partial charge in [-0.05, 0) is 98.2 Å². The molecule has 9 heteroatoms. The van der Waals surface area contributed by atoms with Gasteiger partial charge in [0.25, 0.3) is 0 Å². The Balaban J connectivity index is 1.53. The van der Waals surface area contributed by atoms with Crippen molar-refractivity contribution >= 4 is 46.4 Å². The number of benzene rings is 2. The molecule has 3 fully saturated rings. The number of rotatable bonds is 3. The Bertz CT molecular complexity index is 1330. The minimum atomic E-state index is -1.08. The molecule has 2 aromatic carbocycles. The van der Waals surface area contributed by atoms with E-state index in [-0.39, 0.29) is 29.4 Å². The van der Waals surface area contributed by atoms with Gasteiger partial charge in [0.2, 0.25) is 11.8 Å². The van der Waals surface area contributed by atoms with Crippen LogP contribution in [0.15, 0.2) is 36.4 Å². The van der Waals surface area contributed by atoms with E-state index in [4.69, 9.17) is 28.9 Å². The molecule has 3 atom stereocenters. The fraction of sp³-hybridized carbons (Fsp3) is 0.548. The Kier molecular flexibility index (Phi) is 6.89. The van der Waals surface area contributed by atoms with Crippen molar-refractivity contribution in [1.82, 2.24) is 10.6 Å².